The van der Waals surface area contributed by atoms with E-state index in [1.807, 2.05) is 6.92 Å². The molecule has 1 aromatic carbocycles. The average molecular weight is 302 g/mol. The molecule has 1 fully saturated rings. The fraction of sp³-hybridized carbons (Fsp3) is 0.375. The van der Waals surface area contributed by atoms with Crippen LogP contribution in [0.5, 0.6) is 0 Å². The average Bonchev–Trinajstić information content (AvgIpc) is 3.15. The van der Waals surface area contributed by atoms with E-state index in [-0.39, 0.29) is 11.7 Å². The SMILES string of the molecule is Cc1cnc(C(=O)NC[C@H]2CCN(c3ccc(F)cc3)C2)[nH]1. The van der Waals surface area contributed by atoms with Gasteiger partial charge in [-0.15, -0.1) is 0 Å². The molecule has 1 aromatic heterocycles. The molecule has 6 heteroatoms. The van der Waals surface area contributed by atoms with Gasteiger partial charge in [-0.2, -0.15) is 0 Å². The van der Waals surface area contributed by atoms with E-state index < -0.39 is 0 Å². The highest BCUT2D eigenvalue weighted by Crippen LogP contribution is 2.23. The van der Waals surface area contributed by atoms with Crippen LogP contribution in [-0.4, -0.2) is 35.5 Å². The molecule has 1 aliphatic rings. The Balaban J connectivity index is 1.51. The van der Waals surface area contributed by atoms with Crippen LogP contribution >= 0.6 is 0 Å². The first-order valence-corrected chi connectivity index (χ1v) is 7.42. The van der Waals surface area contributed by atoms with Crippen LogP contribution in [0.2, 0.25) is 0 Å². The molecular weight excluding hydrogens is 283 g/mol. The molecule has 2 aromatic rings. The van der Waals surface area contributed by atoms with Crippen LogP contribution in [0.3, 0.4) is 0 Å². The molecule has 3 rings (SSSR count). The molecule has 0 saturated carbocycles. The number of aromatic nitrogens is 2. The first-order valence-electron chi connectivity index (χ1n) is 7.42. The quantitative estimate of drug-likeness (QED) is 0.909. The number of nitrogens with zero attached hydrogens (tertiary/aromatic N) is 2. The van der Waals surface area contributed by atoms with Crippen LogP contribution in [0.4, 0.5) is 10.1 Å². The monoisotopic (exact) mass is 302 g/mol. The highest BCUT2D eigenvalue weighted by Gasteiger charge is 2.23. The highest BCUT2D eigenvalue weighted by atomic mass is 19.1. The normalized spacial score (nSPS) is 17.7. The number of aryl methyl sites for hydroxylation is 1. The Bertz CT molecular complexity index is 652. The number of aromatic amines is 1. The molecule has 1 amide bonds. The highest BCUT2D eigenvalue weighted by molar-refractivity contribution is 5.90. The van der Waals surface area contributed by atoms with Gasteiger partial charge in [0.2, 0.25) is 0 Å². The summed E-state index contributed by atoms with van der Waals surface area (Å²) in [7, 11) is 0. The van der Waals surface area contributed by atoms with Crippen molar-refractivity contribution in [2.45, 2.75) is 13.3 Å². The maximum Gasteiger partial charge on any atom is 0.287 e. The molecule has 1 atom stereocenters. The summed E-state index contributed by atoms with van der Waals surface area (Å²) in [5.41, 5.74) is 1.89. The van der Waals surface area contributed by atoms with Gasteiger partial charge in [-0.05, 0) is 43.5 Å². The summed E-state index contributed by atoms with van der Waals surface area (Å²) < 4.78 is 12.9. The summed E-state index contributed by atoms with van der Waals surface area (Å²) >= 11 is 0. The standard InChI is InChI=1S/C16H19FN4O/c1-11-8-18-15(20-11)16(22)19-9-12-6-7-21(10-12)14-4-2-13(17)3-5-14/h2-5,8,12H,6-7,9-10H2,1H3,(H,18,20)(H,19,22)/t12-/m1/s1. The number of carbonyl (C=O) groups excluding carboxylic acids is 1. The molecule has 0 unspecified atom stereocenters. The Morgan fingerprint density at radius 3 is 2.91 bits per heavy atom. The molecule has 116 valence electrons. The number of amides is 1. The Morgan fingerprint density at radius 2 is 2.23 bits per heavy atom. The number of halogens is 1. The number of H-pyrrole nitrogens is 1. The summed E-state index contributed by atoms with van der Waals surface area (Å²) in [5, 5.41) is 2.92. The van der Waals surface area contributed by atoms with Gasteiger partial charge in [-0.3, -0.25) is 4.79 Å². The van der Waals surface area contributed by atoms with Gasteiger partial charge < -0.3 is 15.2 Å². The summed E-state index contributed by atoms with van der Waals surface area (Å²) in [6.45, 7) is 4.27. The minimum Gasteiger partial charge on any atom is -0.371 e. The molecule has 0 aliphatic carbocycles. The van der Waals surface area contributed by atoms with Crippen LogP contribution in [0.25, 0.3) is 0 Å². The van der Waals surface area contributed by atoms with E-state index in [0.29, 0.717) is 18.3 Å². The molecule has 5 nitrogen and oxygen atoms in total. The molecular formula is C16H19FN4O. The van der Waals surface area contributed by atoms with E-state index >= 15 is 0 Å². The van der Waals surface area contributed by atoms with Crippen molar-refractivity contribution in [2.24, 2.45) is 5.92 Å². The van der Waals surface area contributed by atoms with Crippen molar-refractivity contribution in [3.8, 4) is 0 Å². The van der Waals surface area contributed by atoms with Crippen LogP contribution in [-0.2, 0) is 0 Å². The first-order chi connectivity index (χ1) is 10.6. The zero-order valence-electron chi connectivity index (χ0n) is 12.5. The Labute approximate surface area is 128 Å². The number of hydrogen-bond acceptors (Lipinski definition) is 3. The molecule has 0 spiro atoms. The third-order valence-electron chi connectivity index (χ3n) is 3.95. The second-order valence-electron chi connectivity index (χ2n) is 5.70. The van der Waals surface area contributed by atoms with Crippen molar-refractivity contribution in [3.05, 3.63) is 47.8 Å². The van der Waals surface area contributed by atoms with Crippen molar-refractivity contribution in [1.29, 1.82) is 0 Å². The molecule has 22 heavy (non-hydrogen) atoms. The lowest BCUT2D eigenvalue weighted by Crippen LogP contribution is -2.31. The number of anilines is 1. The summed E-state index contributed by atoms with van der Waals surface area (Å²) in [5.74, 6) is 0.352. The topological polar surface area (TPSA) is 61.0 Å². The van der Waals surface area contributed by atoms with E-state index in [0.717, 1.165) is 30.9 Å². The third kappa shape index (κ3) is 3.27. The second-order valence-corrected chi connectivity index (χ2v) is 5.70. The van der Waals surface area contributed by atoms with Crippen LogP contribution in [0, 0.1) is 18.7 Å². The van der Waals surface area contributed by atoms with Gasteiger partial charge in [-0.1, -0.05) is 0 Å². The van der Waals surface area contributed by atoms with Gasteiger partial charge in [0.1, 0.15) is 5.82 Å². The van der Waals surface area contributed by atoms with Crippen LogP contribution in [0.1, 0.15) is 22.7 Å². The predicted octanol–water partition coefficient (Wildman–Crippen LogP) is 2.11. The number of imidazole rings is 1. The lowest BCUT2D eigenvalue weighted by atomic mass is 10.1. The summed E-state index contributed by atoms with van der Waals surface area (Å²) in [6, 6.07) is 6.54. The van der Waals surface area contributed by atoms with E-state index in [1.165, 1.54) is 12.1 Å². The van der Waals surface area contributed by atoms with Crippen LogP contribution < -0.4 is 10.2 Å². The molecule has 0 bridgehead atoms. The van der Waals surface area contributed by atoms with Crippen molar-refractivity contribution in [2.75, 3.05) is 24.5 Å². The van der Waals surface area contributed by atoms with Crippen molar-refractivity contribution in [3.63, 3.8) is 0 Å². The van der Waals surface area contributed by atoms with Crippen LogP contribution in [0.15, 0.2) is 30.5 Å². The van der Waals surface area contributed by atoms with Gasteiger partial charge >= 0.3 is 0 Å². The van der Waals surface area contributed by atoms with E-state index in [4.69, 9.17) is 0 Å². The van der Waals surface area contributed by atoms with Gasteiger partial charge in [0.25, 0.3) is 5.91 Å². The van der Waals surface area contributed by atoms with E-state index in [1.54, 1.807) is 18.3 Å². The summed E-state index contributed by atoms with van der Waals surface area (Å²) in [4.78, 5) is 21.1. The maximum absolute atomic E-state index is 12.9. The Hall–Kier alpha value is -2.37. The lowest BCUT2D eigenvalue weighted by molar-refractivity contribution is 0.0938. The van der Waals surface area contributed by atoms with Crippen molar-refractivity contribution >= 4 is 11.6 Å². The fourth-order valence-corrected chi connectivity index (χ4v) is 2.73. The zero-order valence-corrected chi connectivity index (χ0v) is 12.5. The number of rotatable bonds is 4. The smallest absolute Gasteiger partial charge is 0.287 e. The Morgan fingerprint density at radius 1 is 1.45 bits per heavy atom. The Kier molecular flexibility index (Phi) is 4.09. The fourth-order valence-electron chi connectivity index (χ4n) is 2.73. The van der Waals surface area contributed by atoms with Gasteiger partial charge in [0, 0.05) is 37.2 Å². The molecule has 0 radical (unpaired) electrons. The first kappa shape index (κ1) is 14.6. The lowest BCUT2D eigenvalue weighted by Gasteiger charge is -2.18. The molecule has 2 N–H and O–H groups in total. The second kappa shape index (κ2) is 6.17. The van der Waals surface area contributed by atoms with Gasteiger partial charge in [-0.25, -0.2) is 9.37 Å². The van der Waals surface area contributed by atoms with Gasteiger partial charge in [0.15, 0.2) is 5.82 Å². The van der Waals surface area contributed by atoms with Crippen molar-refractivity contribution < 1.29 is 9.18 Å². The van der Waals surface area contributed by atoms with Crippen molar-refractivity contribution in [1.82, 2.24) is 15.3 Å². The molecule has 1 aliphatic heterocycles. The minimum absolute atomic E-state index is 0.173. The minimum atomic E-state index is -0.222. The third-order valence-corrected chi connectivity index (χ3v) is 3.95. The number of hydrogen-bond donors (Lipinski definition) is 2. The van der Waals surface area contributed by atoms with Gasteiger partial charge in [0.05, 0.1) is 0 Å². The number of carbonyl (C=O) groups is 1. The summed E-state index contributed by atoms with van der Waals surface area (Å²) in [6.07, 6.45) is 2.65. The van der Waals surface area contributed by atoms with E-state index in [2.05, 4.69) is 20.2 Å². The number of benzene rings is 1. The maximum atomic E-state index is 12.9. The van der Waals surface area contributed by atoms with E-state index in [9.17, 15) is 9.18 Å². The zero-order chi connectivity index (χ0) is 15.5. The largest absolute Gasteiger partial charge is 0.371 e. The molecule has 2 heterocycles. The number of nitrogens with one attached hydrogen (secondary N) is 2. The molecule has 1 saturated heterocycles. The predicted molar refractivity (Wildman–Crippen MR) is 82.4 cm³/mol.